The van der Waals surface area contributed by atoms with Crippen molar-refractivity contribution in [1.29, 1.82) is 0 Å². The Morgan fingerprint density at radius 3 is 3.00 bits per heavy atom. The van der Waals surface area contributed by atoms with E-state index in [1.165, 1.54) is 45.9 Å². The molecule has 2 heteroatoms. The fourth-order valence-electron chi connectivity index (χ4n) is 3.33. The predicted molar refractivity (Wildman–Crippen MR) is 86.0 cm³/mol. The van der Waals surface area contributed by atoms with Crippen LogP contribution in [0.5, 0.6) is 0 Å². The molecule has 2 aromatic rings. The van der Waals surface area contributed by atoms with Crippen LogP contribution in [0.15, 0.2) is 18.2 Å². The molecule has 3 rings (SSSR count). The Morgan fingerprint density at radius 2 is 2.22 bits per heavy atom. The van der Waals surface area contributed by atoms with Crippen molar-refractivity contribution in [2.45, 2.75) is 39.5 Å². The standard InChI is InChI=1S/C16H20IN/c1-10(2)7-11-3-5-15-13(8-11)14-9-12(17)4-6-16(14)18-15/h4,6,9-11,18H,3,5,7-8H2,1-2H3. The van der Waals surface area contributed by atoms with Gasteiger partial charge in [0.2, 0.25) is 0 Å². The van der Waals surface area contributed by atoms with E-state index >= 15 is 0 Å². The number of halogens is 1. The molecule has 1 aromatic heterocycles. The average Bonchev–Trinajstić information content (AvgIpc) is 2.66. The van der Waals surface area contributed by atoms with E-state index in [4.69, 9.17) is 0 Å². The molecule has 0 bridgehead atoms. The van der Waals surface area contributed by atoms with Crippen LogP contribution < -0.4 is 0 Å². The second-order valence-corrected chi connectivity index (χ2v) is 7.26. The summed E-state index contributed by atoms with van der Waals surface area (Å²) in [5.74, 6) is 1.70. The predicted octanol–water partition coefficient (Wildman–Crippen LogP) is 4.92. The van der Waals surface area contributed by atoms with Gasteiger partial charge >= 0.3 is 0 Å². The lowest BCUT2D eigenvalue weighted by Crippen LogP contribution is -2.15. The molecule has 1 aliphatic carbocycles. The molecular formula is C16H20IN. The van der Waals surface area contributed by atoms with Crippen LogP contribution in [0.1, 0.15) is 37.9 Å². The van der Waals surface area contributed by atoms with E-state index in [9.17, 15) is 0 Å². The van der Waals surface area contributed by atoms with Gasteiger partial charge in [-0.05, 0) is 83.9 Å². The average molecular weight is 353 g/mol. The Bertz CT molecular complexity index is 568. The summed E-state index contributed by atoms with van der Waals surface area (Å²) < 4.78 is 1.34. The van der Waals surface area contributed by atoms with Gasteiger partial charge in [0.05, 0.1) is 0 Å². The minimum absolute atomic E-state index is 0.821. The van der Waals surface area contributed by atoms with Crippen LogP contribution in [0.3, 0.4) is 0 Å². The van der Waals surface area contributed by atoms with Crippen molar-refractivity contribution in [2.75, 3.05) is 0 Å². The Kier molecular flexibility index (Phi) is 3.39. The van der Waals surface area contributed by atoms with Crippen LogP contribution in [0.25, 0.3) is 10.9 Å². The van der Waals surface area contributed by atoms with Gasteiger partial charge in [-0.2, -0.15) is 0 Å². The van der Waals surface area contributed by atoms with Gasteiger partial charge in [-0.1, -0.05) is 13.8 Å². The molecule has 0 amide bonds. The molecule has 1 aromatic carbocycles. The number of fused-ring (bicyclic) bond motifs is 3. The van der Waals surface area contributed by atoms with Gasteiger partial charge in [0.15, 0.2) is 0 Å². The first-order chi connectivity index (χ1) is 8.63. The number of benzene rings is 1. The monoisotopic (exact) mass is 353 g/mol. The van der Waals surface area contributed by atoms with Crippen LogP contribution in [0, 0.1) is 15.4 Å². The number of hydrogen-bond acceptors (Lipinski definition) is 0. The van der Waals surface area contributed by atoms with Crippen molar-refractivity contribution in [3.63, 3.8) is 0 Å². The van der Waals surface area contributed by atoms with Crippen molar-refractivity contribution in [3.8, 4) is 0 Å². The lowest BCUT2D eigenvalue weighted by atomic mass is 9.82. The van der Waals surface area contributed by atoms with E-state index in [0.29, 0.717) is 0 Å². The Hall–Kier alpha value is -0.510. The molecule has 96 valence electrons. The SMILES string of the molecule is CC(C)CC1CCc2[nH]c3ccc(I)cc3c2C1. The molecule has 1 unspecified atom stereocenters. The summed E-state index contributed by atoms with van der Waals surface area (Å²) in [6.45, 7) is 4.68. The van der Waals surface area contributed by atoms with Gasteiger partial charge in [0, 0.05) is 20.2 Å². The number of aromatic nitrogens is 1. The number of aromatic amines is 1. The second kappa shape index (κ2) is 4.87. The maximum Gasteiger partial charge on any atom is 0.0459 e. The normalized spacial score (nSPS) is 19.4. The van der Waals surface area contributed by atoms with Crippen LogP contribution in [0.2, 0.25) is 0 Å². The molecule has 0 saturated carbocycles. The third-order valence-corrected chi connectivity index (χ3v) is 4.73. The lowest BCUT2D eigenvalue weighted by molar-refractivity contribution is 0.369. The third kappa shape index (κ3) is 2.31. The van der Waals surface area contributed by atoms with Crippen molar-refractivity contribution in [3.05, 3.63) is 33.0 Å². The highest BCUT2D eigenvalue weighted by molar-refractivity contribution is 14.1. The van der Waals surface area contributed by atoms with Crippen LogP contribution >= 0.6 is 22.6 Å². The number of nitrogens with one attached hydrogen (secondary N) is 1. The lowest BCUT2D eigenvalue weighted by Gasteiger charge is -2.24. The summed E-state index contributed by atoms with van der Waals surface area (Å²) in [5.41, 5.74) is 4.41. The molecule has 0 radical (unpaired) electrons. The van der Waals surface area contributed by atoms with Gasteiger partial charge in [0.1, 0.15) is 0 Å². The van der Waals surface area contributed by atoms with Crippen molar-refractivity contribution in [2.24, 2.45) is 11.8 Å². The fraction of sp³-hybridized carbons (Fsp3) is 0.500. The van der Waals surface area contributed by atoms with Crippen LogP contribution in [0.4, 0.5) is 0 Å². The molecule has 1 heterocycles. The summed E-state index contributed by atoms with van der Waals surface area (Å²) >= 11 is 2.41. The second-order valence-electron chi connectivity index (χ2n) is 6.01. The summed E-state index contributed by atoms with van der Waals surface area (Å²) in [5, 5.41) is 1.46. The highest BCUT2D eigenvalue weighted by Crippen LogP contribution is 2.34. The van der Waals surface area contributed by atoms with Gasteiger partial charge in [-0.3, -0.25) is 0 Å². The summed E-state index contributed by atoms with van der Waals surface area (Å²) in [4.78, 5) is 3.61. The van der Waals surface area contributed by atoms with E-state index in [1.54, 1.807) is 5.56 Å². The van der Waals surface area contributed by atoms with E-state index in [1.807, 2.05) is 0 Å². The smallest absolute Gasteiger partial charge is 0.0459 e. The minimum atomic E-state index is 0.821. The Morgan fingerprint density at radius 1 is 1.39 bits per heavy atom. The van der Waals surface area contributed by atoms with Crippen molar-refractivity contribution < 1.29 is 0 Å². The molecular weight excluding hydrogens is 333 g/mol. The molecule has 1 N–H and O–H groups in total. The number of hydrogen-bond donors (Lipinski definition) is 1. The zero-order valence-electron chi connectivity index (χ0n) is 11.1. The van der Waals surface area contributed by atoms with Gasteiger partial charge in [0.25, 0.3) is 0 Å². The number of H-pyrrole nitrogens is 1. The highest BCUT2D eigenvalue weighted by atomic mass is 127. The van der Waals surface area contributed by atoms with E-state index < -0.39 is 0 Å². The van der Waals surface area contributed by atoms with Gasteiger partial charge in [-0.25, -0.2) is 0 Å². The highest BCUT2D eigenvalue weighted by Gasteiger charge is 2.22. The summed E-state index contributed by atoms with van der Waals surface area (Å²) in [6.07, 6.45) is 5.23. The summed E-state index contributed by atoms with van der Waals surface area (Å²) in [6, 6.07) is 6.76. The largest absolute Gasteiger partial charge is 0.358 e. The third-order valence-electron chi connectivity index (χ3n) is 4.06. The van der Waals surface area contributed by atoms with E-state index in [0.717, 1.165) is 11.8 Å². The maximum atomic E-state index is 3.61. The molecule has 0 saturated heterocycles. The van der Waals surface area contributed by atoms with Crippen molar-refractivity contribution >= 4 is 33.5 Å². The van der Waals surface area contributed by atoms with E-state index in [2.05, 4.69) is 59.6 Å². The first-order valence-corrected chi connectivity index (χ1v) is 8.00. The summed E-state index contributed by atoms with van der Waals surface area (Å²) in [7, 11) is 0. The fourth-order valence-corrected chi connectivity index (χ4v) is 3.82. The van der Waals surface area contributed by atoms with Crippen molar-refractivity contribution in [1.82, 2.24) is 4.98 Å². The zero-order valence-corrected chi connectivity index (χ0v) is 13.3. The zero-order chi connectivity index (χ0) is 12.7. The molecule has 18 heavy (non-hydrogen) atoms. The first-order valence-electron chi connectivity index (χ1n) is 6.92. The van der Waals surface area contributed by atoms with Gasteiger partial charge in [-0.15, -0.1) is 0 Å². The van der Waals surface area contributed by atoms with Crippen LogP contribution in [-0.4, -0.2) is 4.98 Å². The van der Waals surface area contributed by atoms with Gasteiger partial charge < -0.3 is 4.98 Å². The topological polar surface area (TPSA) is 15.8 Å². The number of rotatable bonds is 2. The quantitative estimate of drug-likeness (QED) is 0.738. The number of aryl methyl sites for hydroxylation is 1. The molecule has 0 aliphatic heterocycles. The molecule has 0 fully saturated rings. The molecule has 1 nitrogen and oxygen atoms in total. The first kappa shape index (κ1) is 12.5. The Balaban J connectivity index is 1.98. The molecule has 0 spiro atoms. The Labute approximate surface area is 122 Å². The van der Waals surface area contributed by atoms with E-state index in [-0.39, 0.29) is 0 Å². The van der Waals surface area contributed by atoms with Crippen LogP contribution in [-0.2, 0) is 12.8 Å². The molecule has 1 aliphatic rings. The maximum absolute atomic E-state index is 3.61. The molecule has 1 atom stereocenters. The minimum Gasteiger partial charge on any atom is -0.358 e.